The van der Waals surface area contributed by atoms with Crippen LogP contribution in [0.4, 0.5) is 0 Å². The molecule has 1 rings (SSSR count). The predicted octanol–water partition coefficient (Wildman–Crippen LogP) is 1.09. The molecule has 0 bridgehead atoms. The van der Waals surface area contributed by atoms with Gasteiger partial charge >= 0.3 is 0 Å². The minimum atomic E-state index is 0.334. The molecule has 2 unspecified atom stereocenters. The van der Waals surface area contributed by atoms with E-state index >= 15 is 0 Å². The number of rotatable bonds is 1. The van der Waals surface area contributed by atoms with E-state index < -0.39 is 0 Å². The molecular weight excluding hydrogens is 146 g/mol. The normalized spacial score (nSPS) is 33.7. The second-order valence-electron chi connectivity index (χ2n) is 2.81. The summed E-state index contributed by atoms with van der Waals surface area (Å²) in [5.74, 6) is 0.416. The van der Waals surface area contributed by atoms with Gasteiger partial charge in [0.1, 0.15) is 0 Å². The molecule has 0 spiro atoms. The first-order chi connectivity index (χ1) is 4.70. The summed E-state index contributed by atoms with van der Waals surface area (Å²) in [6, 6.07) is 0. The van der Waals surface area contributed by atoms with E-state index in [9.17, 15) is 0 Å². The third-order valence-electron chi connectivity index (χ3n) is 1.89. The lowest BCUT2D eigenvalue weighted by Crippen LogP contribution is -2.31. The third-order valence-corrected chi connectivity index (χ3v) is 2.22. The maximum absolute atomic E-state index is 5.51. The van der Waals surface area contributed by atoms with Crippen molar-refractivity contribution in [2.45, 2.75) is 25.9 Å². The van der Waals surface area contributed by atoms with Crippen LogP contribution in [-0.4, -0.2) is 17.7 Å². The first kappa shape index (κ1) is 7.95. The van der Waals surface area contributed by atoms with Crippen LogP contribution in [0.1, 0.15) is 19.8 Å². The highest BCUT2D eigenvalue weighted by molar-refractivity contribution is 7.80. The molecule has 10 heavy (non-hydrogen) atoms. The van der Waals surface area contributed by atoms with Gasteiger partial charge in [-0.3, -0.25) is 0 Å². The predicted molar refractivity (Wildman–Crippen MR) is 44.9 cm³/mol. The van der Waals surface area contributed by atoms with Gasteiger partial charge in [0, 0.05) is 12.5 Å². The number of thiocarbonyl (C=S) groups is 1. The molecule has 2 N–H and O–H groups in total. The van der Waals surface area contributed by atoms with E-state index in [1.807, 2.05) is 0 Å². The van der Waals surface area contributed by atoms with Gasteiger partial charge in [0.2, 0.25) is 0 Å². The summed E-state index contributed by atoms with van der Waals surface area (Å²) >= 11 is 4.89. The Morgan fingerprint density at radius 2 is 2.40 bits per heavy atom. The van der Waals surface area contributed by atoms with Crippen molar-refractivity contribution in [1.82, 2.24) is 0 Å². The van der Waals surface area contributed by atoms with Crippen molar-refractivity contribution in [3.8, 4) is 0 Å². The van der Waals surface area contributed by atoms with Crippen LogP contribution in [0.3, 0.4) is 0 Å². The Morgan fingerprint density at radius 3 is 2.80 bits per heavy atom. The summed E-state index contributed by atoms with van der Waals surface area (Å²) in [6.07, 6.45) is 2.33. The largest absolute Gasteiger partial charge is 0.393 e. The molecule has 0 aromatic heterocycles. The highest BCUT2D eigenvalue weighted by Crippen LogP contribution is 2.19. The zero-order valence-corrected chi connectivity index (χ0v) is 6.99. The van der Waals surface area contributed by atoms with Crippen LogP contribution >= 0.6 is 12.2 Å². The van der Waals surface area contributed by atoms with E-state index in [1.54, 1.807) is 0 Å². The minimum Gasteiger partial charge on any atom is -0.393 e. The van der Waals surface area contributed by atoms with Gasteiger partial charge in [0.05, 0.1) is 11.1 Å². The van der Waals surface area contributed by atoms with Crippen molar-refractivity contribution in [3.63, 3.8) is 0 Å². The first-order valence-corrected chi connectivity index (χ1v) is 4.02. The average molecular weight is 159 g/mol. The Hall–Kier alpha value is -0.150. The number of nitrogens with two attached hydrogens (primary N) is 1. The molecular formula is C7H13NOS. The molecule has 0 aromatic rings. The van der Waals surface area contributed by atoms with E-state index in [2.05, 4.69) is 6.92 Å². The van der Waals surface area contributed by atoms with E-state index in [4.69, 9.17) is 22.7 Å². The van der Waals surface area contributed by atoms with E-state index in [0.29, 0.717) is 17.0 Å². The molecule has 1 saturated heterocycles. The smallest absolute Gasteiger partial charge is 0.0760 e. The summed E-state index contributed by atoms with van der Waals surface area (Å²) in [4.78, 5) is 0.648. The van der Waals surface area contributed by atoms with Gasteiger partial charge in [-0.05, 0) is 19.8 Å². The summed E-state index contributed by atoms with van der Waals surface area (Å²) in [7, 11) is 0. The monoisotopic (exact) mass is 159 g/mol. The van der Waals surface area contributed by atoms with Gasteiger partial charge in [-0.1, -0.05) is 12.2 Å². The topological polar surface area (TPSA) is 35.2 Å². The van der Waals surface area contributed by atoms with Crippen molar-refractivity contribution >= 4 is 17.2 Å². The van der Waals surface area contributed by atoms with Crippen molar-refractivity contribution < 1.29 is 4.74 Å². The number of hydrogen-bond donors (Lipinski definition) is 1. The molecule has 0 saturated carbocycles. The van der Waals surface area contributed by atoms with Crippen molar-refractivity contribution in [3.05, 3.63) is 0 Å². The standard InChI is InChI=1S/C7H13NOS/c1-5-4-6(7(8)10)2-3-9-5/h5-6H,2-4H2,1H3,(H2,8,10). The molecule has 3 heteroatoms. The first-order valence-electron chi connectivity index (χ1n) is 3.61. The fourth-order valence-electron chi connectivity index (χ4n) is 1.26. The summed E-state index contributed by atoms with van der Waals surface area (Å²) in [6.45, 7) is 2.87. The molecule has 2 nitrogen and oxygen atoms in total. The molecule has 0 aromatic carbocycles. The molecule has 0 aliphatic carbocycles. The molecule has 1 fully saturated rings. The molecule has 58 valence electrons. The van der Waals surface area contributed by atoms with E-state index in [-0.39, 0.29) is 0 Å². The Kier molecular flexibility index (Phi) is 2.63. The van der Waals surface area contributed by atoms with Gasteiger partial charge in [-0.2, -0.15) is 0 Å². The zero-order chi connectivity index (χ0) is 7.56. The van der Waals surface area contributed by atoms with Gasteiger partial charge in [-0.15, -0.1) is 0 Å². The van der Waals surface area contributed by atoms with Crippen molar-refractivity contribution in [2.24, 2.45) is 11.7 Å². The molecule has 1 aliphatic rings. The lowest BCUT2D eigenvalue weighted by atomic mass is 9.96. The minimum absolute atomic E-state index is 0.334. The lowest BCUT2D eigenvalue weighted by Gasteiger charge is -2.26. The Bertz CT molecular complexity index is 138. The highest BCUT2D eigenvalue weighted by atomic mass is 32.1. The van der Waals surface area contributed by atoms with Crippen molar-refractivity contribution in [1.29, 1.82) is 0 Å². The Balaban J connectivity index is 2.39. The van der Waals surface area contributed by atoms with Crippen LogP contribution in [0, 0.1) is 5.92 Å². The van der Waals surface area contributed by atoms with Gasteiger partial charge < -0.3 is 10.5 Å². The third kappa shape index (κ3) is 1.92. The highest BCUT2D eigenvalue weighted by Gasteiger charge is 2.20. The number of ether oxygens (including phenoxy) is 1. The van der Waals surface area contributed by atoms with Crippen LogP contribution in [0.25, 0.3) is 0 Å². The second-order valence-corrected chi connectivity index (χ2v) is 3.28. The van der Waals surface area contributed by atoms with Crippen molar-refractivity contribution in [2.75, 3.05) is 6.61 Å². The quantitative estimate of drug-likeness (QED) is 0.582. The number of hydrogen-bond acceptors (Lipinski definition) is 2. The van der Waals surface area contributed by atoms with Crippen LogP contribution in [-0.2, 0) is 4.74 Å². The van der Waals surface area contributed by atoms with E-state index in [1.165, 1.54) is 0 Å². The molecule has 2 atom stereocenters. The second kappa shape index (κ2) is 3.30. The summed E-state index contributed by atoms with van der Waals surface area (Å²) < 4.78 is 5.34. The van der Waals surface area contributed by atoms with Gasteiger partial charge in [0.25, 0.3) is 0 Å². The lowest BCUT2D eigenvalue weighted by molar-refractivity contribution is 0.0164. The van der Waals surface area contributed by atoms with Crippen LogP contribution in [0.5, 0.6) is 0 Å². The summed E-state index contributed by atoms with van der Waals surface area (Å²) in [5.41, 5.74) is 5.51. The van der Waals surface area contributed by atoms with Gasteiger partial charge in [-0.25, -0.2) is 0 Å². The average Bonchev–Trinajstić information content (AvgIpc) is 1.88. The van der Waals surface area contributed by atoms with E-state index in [0.717, 1.165) is 19.4 Å². The maximum Gasteiger partial charge on any atom is 0.0760 e. The molecule has 0 amide bonds. The SMILES string of the molecule is CC1CC(C(N)=S)CCO1. The van der Waals surface area contributed by atoms with Crippen LogP contribution in [0.2, 0.25) is 0 Å². The Labute approximate surface area is 66.7 Å². The molecule has 0 radical (unpaired) electrons. The fraction of sp³-hybridized carbons (Fsp3) is 0.857. The molecule has 1 heterocycles. The zero-order valence-electron chi connectivity index (χ0n) is 6.17. The fourth-order valence-corrected chi connectivity index (χ4v) is 1.47. The van der Waals surface area contributed by atoms with Crippen LogP contribution < -0.4 is 5.73 Å². The Morgan fingerprint density at radius 1 is 1.70 bits per heavy atom. The van der Waals surface area contributed by atoms with Gasteiger partial charge in [0.15, 0.2) is 0 Å². The summed E-state index contributed by atoms with van der Waals surface area (Å²) in [5, 5.41) is 0. The van der Waals surface area contributed by atoms with Crippen LogP contribution in [0.15, 0.2) is 0 Å². The molecule has 1 aliphatic heterocycles. The maximum atomic E-state index is 5.51.